The molecule has 118 valence electrons. The molecule has 1 aliphatic heterocycles. The van der Waals surface area contributed by atoms with Crippen LogP contribution in [0, 0.1) is 5.82 Å². The standard InChI is InChI=1S/C17H27FN2O/c1-4-21-15-8-10-20(11-9-15)17-14(12-19-13(2)3)6-5-7-16(17)18/h5-7,13,15,19H,4,8-12H2,1-3H3. The zero-order valence-corrected chi connectivity index (χ0v) is 13.4. The van der Waals surface area contributed by atoms with Gasteiger partial charge in [0.15, 0.2) is 0 Å². The second kappa shape index (κ2) is 7.76. The number of anilines is 1. The van der Waals surface area contributed by atoms with Crippen molar-refractivity contribution in [3.8, 4) is 0 Å². The van der Waals surface area contributed by atoms with E-state index in [-0.39, 0.29) is 5.82 Å². The monoisotopic (exact) mass is 294 g/mol. The number of hydrogen-bond donors (Lipinski definition) is 1. The molecule has 1 saturated heterocycles. The van der Waals surface area contributed by atoms with E-state index in [1.165, 1.54) is 0 Å². The lowest BCUT2D eigenvalue weighted by Gasteiger charge is -2.35. The predicted octanol–water partition coefficient (Wildman–Crippen LogP) is 3.33. The van der Waals surface area contributed by atoms with Gasteiger partial charge in [-0.05, 0) is 31.4 Å². The van der Waals surface area contributed by atoms with Crippen LogP contribution in [0.2, 0.25) is 0 Å². The lowest BCUT2D eigenvalue weighted by Crippen LogP contribution is -2.38. The molecule has 0 saturated carbocycles. The van der Waals surface area contributed by atoms with Crippen LogP contribution in [-0.2, 0) is 11.3 Å². The molecule has 0 spiro atoms. The maximum atomic E-state index is 14.3. The number of halogens is 1. The third-order valence-corrected chi connectivity index (χ3v) is 3.93. The first kappa shape index (κ1) is 16.2. The van der Waals surface area contributed by atoms with Gasteiger partial charge in [0.2, 0.25) is 0 Å². The van der Waals surface area contributed by atoms with E-state index in [0.29, 0.717) is 18.7 Å². The van der Waals surface area contributed by atoms with Gasteiger partial charge in [0.25, 0.3) is 0 Å². The fourth-order valence-electron chi connectivity index (χ4n) is 2.85. The molecule has 0 atom stereocenters. The summed E-state index contributed by atoms with van der Waals surface area (Å²) < 4.78 is 20.0. The van der Waals surface area contributed by atoms with E-state index >= 15 is 0 Å². The van der Waals surface area contributed by atoms with Crippen molar-refractivity contribution >= 4 is 5.69 Å². The molecule has 2 rings (SSSR count). The van der Waals surface area contributed by atoms with Crippen LogP contribution in [0.25, 0.3) is 0 Å². The van der Waals surface area contributed by atoms with Crippen molar-refractivity contribution in [1.29, 1.82) is 0 Å². The molecule has 1 N–H and O–H groups in total. The molecule has 4 heteroatoms. The van der Waals surface area contributed by atoms with E-state index in [0.717, 1.165) is 43.8 Å². The lowest BCUT2D eigenvalue weighted by molar-refractivity contribution is 0.0458. The van der Waals surface area contributed by atoms with Gasteiger partial charge in [0, 0.05) is 32.3 Å². The Kier molecular flexibility index (Phi) is 6.00. The van der Waals surface area contributed by atoms with Crippen LogP contribution >= 0.6 is 0 Å². The topological polar surface area (TPSA) is 24.5 Å². The predicted molar refractivity (Wildman–Crippen MR) is 85.2 cm³/mol. The summed E-state index contributed by atoms with van der Waals surface area (Å²) in [6.07, 6.45) is 2.27. The molecule has 1 aromatic rings. The molecular weight excluding hydrogens is 267 g/mol. The minimum Gasteiger partial charge on any atom is -0.378 e. The normalized spacial score (nSPS) is 16.7. The number of nitrogens with one attached hydrogen (secondary N) is 1. The summed E-state index contributed by atoms with van der Waals surface area (Å²) in [6, 6.07) is 5.76. The quantitative estimate of drug-likeness (QED) is 0.871. The minimum absolute atomic E-state index is 0.118. The van der Waals surface area contributed by atoms with E-state index in [1.54, 1.807) is 12.1 Å². The van der Waals surface area contributed by atoms with Gasteiger partial charge in [0.1, 0.15) is 5.82 Å². The Labute approximate surface area is 127 Å². The highest BCUT2D eigenvalue weighted by Gasteiger charge is 2.23. The zero-order chi connectivity index (χ0) is 15.2. The third kappa shape index (κ3) is 4.42. The lowest BCUT2D eigenvalue weighted by atomic mass is 10.0. The van der Waals surface area contributed by atoms with Crippen LogP contribution in [-0.4, -0.2) is 31.8 Å². The molecule has 0 amide bonds. The number of rotatable bonds is 6. The number of hydrogen-bond acceptors (Lipinski definition) is 3. The highest BCUT2D eigenvalue weighted by atomic mass is 19.1. The molecule has 0 unspecified atom stereocenters. The van der Waals surface area contributed by atoms with Gasteiger partial charge in [-0.15, -0.1) is 0 Å². The first-order chi connectivity index (χ1) is 10.1. The number of benzene rings is 1. The van der Waals surface area contributed by atoms with Crippen molar-refractivity contribution < 1.29 is 9.13 Å². The maximum absolute atomic E-state index is 14.3. The summed E-state index contributed by atoms with van der Waals surface area (Å²) in [7, 11) is 0. The molecule has 1 fully saturated rings. The Morgan fingerprint density at radius 2 is 2.05 bits per heavy atom. The zero-order valence-electron chi connectivity index (χ0n) is 13.4. The van der Waals surface area contributed by atoms with Gasteiger partial charge in [-0.1, -0.05) is 26.0 Å². The molecule has 1 aliphatic rings. The summed E-state index contributed by atoms with van der Waals surface area (Å²) in [5, 5.41) is 3.38. The van der Waals surface area contributed by atoms with Crippen LogP contribution in [0.15, 0.2) is 18.2 Å². The van der Waals surface area contributed by atoms with E-state index < -0.39 is 0 Å². The Hall–Kier alpha value is -1.13. The van der Waals surface area contributed by atoms with E-state index in [9.17, 15) is 4.39 Å². The van der Waals surface area contributed by atoms with Crippen molar-refractivity contribution in [1.82, 2.24) is 5.32 Å². The summed E-state index contributed by atoms with van der Waals surface area (Å²) in [4.78, 5) is 2.17. The smallest absolute Gasteiger partial charge is 0.146 e. The molecule has 3 nitrogen and oxygen atoms in total. The molecule has 1 aromatic carbocycles. The van der Waals surface area contributed by atoms with E-state index in [1.807, 2.05) is 13.0 Å². The minimum atomic E-state index is -0.118. The van der Waals surface area contributed by atoms with Crippen molar-refractivity contribution in [2.24, 2.45) is 0 Å². The maximum Gasteiger partial charge on any atom is 0.146 e. The van der Waals surface area contributed by atoms with Crippen LogP contribution in [0.3, 0.4) is 0 Å². The average Bonchev–Trinajstić information content (AvgIpc) is 2.46. The molecule has 0 aromatic heterocycles. The number of nitrogens with zero attached hydrogens (tertiary/aromatic N) is 1. The number of para-hydroxylation sites is 1. The van der Waals surface area contributed by atoms with Crippen LogP contribution < -0.4 is 10.2 Å². The number of ether oxygens (including phenoxy) is 1. The van der Waals surface area contributed by atoms with Crippen molar-refractivity contribution in [2.75, 3.05) is 24.6 Å². The summed E-state index contributed by atoms with van der Waals surface area (Å²) in [5.74, 6) is -0.118. The Bertz CT molecular complexity index is 442. The van der Waals surface area contributed by atoms with Gasteiger partial charge >= 0.3 is 0 Å². The van der Waals surface area contributed by atoms with Gasteiger partial charge in [0.05, 0.1) is 11.8 Å². The van der Waals surface area contributed by atoms with Gasteiger partial charge < -0.3 is 15.0 Å². The highest BCUT2D eigenvalue weighted by molar-refractivity contribution is 5.55. The third-order valence-electron chi connectivity index (χ3n) is 3.93. The van der Waals surface area contributed by atoms with Gasteiger partial charge in [-0.25, -0.2) is 4.39 Å². The van der Waals surface area contributed by atoms with E-state index in [2.05, 4.69) is 24.1 Å². The molecule has 0 bridgehead atoms. The van der Waals surface area contributed by atoms with Gasteiger partial charge in [-0.2, -0.15) is 0 Å². The Morgan fingerprint density at radius 1 is 1.33 bits per heavy atom. The van der Waals surface area contributed by atoms with Crippen molar-refractivity contribution in [3.63, 3.8) is 0 Å². The largest absolute Gasteiger partial charge is 0.378 e. The SMILES string of the molecule is CCOC1CCN(c2c(F)cccc2CNC(C)C)CC1. The van der Waals surface area contributed by atoms with E-state index in [4.69, 9.17) is 4.74 Å². The molecule has 1 heterocycles. The summed E-state index contributed by atoms with van der Waals surface area (Å²) in [6.45, 7) is 9.42. The first-order valence-electron chi connectivity index (χ1n) is 7.99. The van der Waals surface area contributed by atoms with Crippen LogP contribution in [0.1, 0.15) is 39.2 Å². The second-order valence-electron chi connectivity index (χ2n) is 5.92. The van der Waals surface area contributed by atoms with Crippen molar-refractivity contribution in [2.45, 2.75) is 52.3 Å². The molecule has 0 radical (unpaired) electrons. The highest BCUT2D eigenvalue weighted by Crippen LogP contribution is 2.28. The van der Waals surface area contributed by atoms with Gasteiger partial charge in [-0.3, -0.25) is 0 Å². The van der Waals surface area contributed by atoms with Crippen LogP contribution in [0.5, 0.6) is 0 Å². The Balaban J connectivity index is 2.08. The summed E-state index contributed by atoms with van der Waals surface area (Å²) in [5.41, 5.74) is 1.80. The van der Waals surface area contributed by atoms with Crippen molar-refractivity contribution in [3.05, 3.63) is 29.6 Å². The molecular formula is C17H27FN2O. The fourth-order valence-corrected chi connectivity index (χ4v) is 2.85. The molecule has 21 heavy (non-hydrogen) atoms. The number of piperidine rings is 1. The molecule has 0 aliphatic carbocycles. The van der Waals surface area contributed by atoms with Crippen LogP contribution in [0.4, 0.5) is 10.1 Å². The Morgan fingerprint density at radius 3 is 2.67 bits per heavy atom. The summed E-state index contributed by atoms with van der Waals surface area (Å²) >= 11 is 0. The second-order valence-corrected chi connectivity index (χ2v) is 5.92. The average molecular weight is 294 g/mol. The first-order valence-corrected chi connectivity index (χ1v) is 7.99. The fraction of sp³-hybridized carbons (Fsp3) is 0.647.